The minimum Gasteiger partial charge on any atom is -0.480 e. The first-order chi connectivity index (χ1) is 20.3. The lowest BCUT2D eigenvalue weighted by molar-refractivity contribution is -0.147. The van der Waals surface area contributed by atoms with Gasteiger partial charge in [0.2, 0.25) is 11.8 Å². The Labute approximate surface area is 249 Å². The lowest BCUT2D eigenvalue weighted by Crippen LogP contribution is -2.56. The second-order valence-corrected chi connectivity index (χ2v) is 11.0. The van der Waals surface area contributed by atoms with Crippen LogP contribution in [0.1, 0.15) is 69.9 Å². The molecule has 1 aliphatic rings. The number of unbranched alkanes of at least 4 members (excludes halogenated alkanes) is 1. The fourth-order valence-electron chi connectivity index (χ4n) is 5.31. The SMILES string of the molecule is CCCCOC(=O)[C@@H](CCc1ccccc1)N[C@@H](C)C(=O)N(CC(=O)N[C@@H](Cc1ccccc1)C(=O)O)C1CCCC1. The number of carbonyl (C=O) groups excluding carboxylic acids is 3. The molecule has 0 unspecified atom stereocenters. The molecule has 0 saturated heterocycles. The van der Waals surface area contributed by atoms with Crippen molar-refractivity contribution < 1.29 is 29.0 Å². The Morgan fingerprint density at radius 2 is 1.57 bits per heavy atom. The number of carboxylic acid groups (broad SMARTS) is 1. The molecule has 3 atom stereocenters. The summed E-state index contributed by atoms with van der Waals surface area (Å²) in [5.74, 6) is -2.35. The molecule has 2 aromatic carbocycles. The van der Waals surface area contributed by atoms with Gasteiger partial charge in [-0.2, -0.15) is 0 Å². The van der Waals surface area contributed by atoms with Crippen LogP contribution in [0.25, 0.3) is 0 Å². The van der Waals surface area contributed by atoms with Crippen LogP contribution in [0.2, 0.25) is 0 Å². The number of hydrogen-bond donors (Lipinski definition) is 3. The minimum absolute atomic E-state index is 0.121. The van der Waals surface area contributed by atoms with Gasteiger partial charge in [-0.05, 0) is 50.2 Å². The number of carbonyl (C=O) groups is 4. The summed E-state index contributed by atoms with van der Waals surface area (Å²) in [6.07, 6.45) is 6.34. The van der Waals surface area contributed by atoms with E-state index in [-0.39, 0.29) is 24.9 Å². The molecule has 1 fully saturated rings. The quantitative estimate of drug-likeness (QED) is 0.192. The zero-order chi connectivity index (χ0) is 30.3. The van der Waals surface area contributed by atoms with E-state index in [0.717, 1.165) is 49.7 Å². The van der Waals surface area contributed by atoms with Crippen LogP contribution in [-0.4, -0.2) is 71.1 Å². The summed E-state index contributed by atoms with van der Waals surface area (Å²) in [6.45, 7) is 3.80. The van der Waals surface area contributed by atoms with Gasteiger partial charge in [-0.1, -0.05) is 86.8 Å². The molecule has 42 heavy (non-hydrogen) atoms. The lowest BCUT2D eigenvalue weighted by Gasteiger charge is -2.32. The Balaban J connectivity index is 1.68. The first-order valence-electron chi connectivity index (χ1n) is 15.1. The molecule has 2 aromatic rings. The number of nitrogens with one attached hydrogen (secondary N) is 2. The summed E-state index contributed by atoms with van der Waals surface area (Å²) in [6, 6.07) is 16.2. The predicted molar refractivity (Wildman–Crippen MR) is 161 cm³/mol. The van der Waals surface area contributed by atoms with Crippen molar-refractivity contribution in [1.82, 2.24) is 15.5 Å². The minimum atomic E-state index is -1.14. The van der Waals surface area contributed by atoms with Gasteiger partial charge in [-0.25, -0.2) is 4.79 Å². The van der Waals surface area contributed by atoms with Crippen LogP contribution in [0, 0.1) is 0 Å². The number of amides is 2. The van der Waals surface area contributed by atoms with Gasteiger partial charge in [0.25, 0.3) is 0 Å². The van der Waals surface area contributed by atoms with E-state index in [1.54, 1.807) is 11.8 Å². The molecule has 0 aliphatic heterocycles. The van der Waals surface area contributed by atoms with Crippen LogP contribution < -0.4 is 10.6 Å². The van der Waals surface area contributed by atoms with Crippen LogP contribution in [0.4, 0.5) is 0 Å². The first-order valence-corrected chi connectivity index (χ1v) is 15.1. The van der Waals surface area contributed by atoms with E-state index in [4.69, 9.17) is 4.74 Å². The van der Waals surface area contributed by atoms with Crippen molar-refractivity contribution >= 4 is 23.8 Å². The van der Waals surface area contributed by atoms with E-state index in [0.29, 0.717) is 19.4 Å². The Hall–Kier alpha value is -3.72. The molecule has 1 aliphatic carbocycles. The van der Waals surface area contributed by atoms with Gasteiger partial charge in [0, 0.05) is 12.5 Å². The summed E-state index contributed by atoms with van der Waals surface area (Å²) in [7, 11) is 0. The third-order valence-corrected chi connectivity index (χ3v) is 7.69. The van der Waals surface area contributed by atoms with Crippen LogP contribution in [0.15, 0.2) is 60.7 Å². The molecule has 0 spiro atoms. The molecule has 0 aromatic heterocycles. The topological polar surface area (TPSA) is 125 Å². The number of aliphatic carboxylic acids is 1. The van der Waals surface area contributed by atoms with Crippen molar-refractivity contribution in [3.8, 4) is 0 Å². The highest BCUT2D eigenvalue weighted by atomic mass is 16.5. The predicted octanol–water partition coefficient (Wildman–Crippen LogP) is 3.89. The van der Waals surface area contributed by atoms with E-state index in [1.807, 2.05) is 67.6 Å². The summed E-state index contributed by atoms with van der Waals surface area (Å²) < 4.78 is 5.51. The zero-order valence-electron chi connectivity index (χ0n) is 24.8. The van der Waals surface area contributed by atoms with Crippen molar-refractivity contribution in [1.29, 1.82) is 0 Å². The summed E-state index contributed by atoms with van der Waals surface area (Å²) in [4.78, 5) is 53.4. The highest BCUT2D eigenvalue weighted by molar-refractivity contribution is 5.90. The van der Waals surface area contributed by atoms with Crippen LogP contribution in [0.5, 0.6) is 0 Å². The molecular weight excluding hydrogens is 534 g/mol. The van der Waals surface area contributed by atoms with Crippen LogP contribution in [-0.2, 0) is 36.8 Å². The molecule has 0 heterocycles. The Bertz CT molecular complexity index is 1140. The lowest BCUT2D eigenvalue weighted by atomic mass is 10.0. The van der Waals surface area contributed by atoms with E-state index in [1.165, 1.54) is 0 Å². The normalized spacial score (nSPS) is 15.4. The maximum Gasteiger partial charge on any atom is 0.326 e. The first kappa shape index (κ1) is 32.8. The van der Waals surface area contributed by atoms with E-state index >= 15 is 0 Å². The molecule has 9 nitrogen and oxygen atoms in total. The molecule has 1 saturated carbocycles. The molecule has 0 bridgehead atoms. The third kappa shape index (κ3) is 10.6. The van der Waals surface area contributed by atoms with Crippen molar-refractivity contribution in [3.05, 3.63) is 71.8 Å². The number of aryl methyl sites for hydroxylation is 1. The van der Waals surface area contributed by atoms with Crippen molar-refractivity contribution in [2.75, 3.05) is 13.2 Å². The fraction of sp³-hybridized carbons (Fsp3) is 0.515. The van der Waals surface area contributed by atoms with Gasteiger partial charge in [0.05, 0.1) is 19.2 Å². The molecule has 2 amide bonds. The average Bonchev–Trinajstić information content (AvgIpc) is 3.53. The molecular formula is C33H45N3O6. The largest absolute Gasteiger partial charge is 0.480 e. The van der Waals surface area contributed by atoms with Crippen LogP contribution in [0.3, 0.4) is 0 Å². The number of carboxylic acids is 1. The Morgan fingerprint density at radius 3 is 2.17 bits per heavy atom. The standard InChI is InChI=1S/C33H45N3O6/c1-3-4-21-42-33(41)28(20-19-25-13-7-5-8-14-25)34-24(2)31(38)36(27-17-11-12-18-27)23-30(37)35-29(32(39)40)22-26-15-9-6-10-16-26/h5-10,13-16,24,27-29,34H,3-4,11-12,17-23H2,1-2H3,(H,35,37)(H,39,40)/t24-,28+,29-/m0/s1. The van der Waals surface area contributed by atoms with Gasteiger partial charge >= 0.3 is 11.9 Å². The van der Waals surface area contributed by atoms with Crippen LogP contribution >= 0.6 is 0 Å². The van der Waals surface area contributed by atoms with E-state index < -0.39 is 36.0 Å². The van der Waals surface area contributed by atoms with Gasteiger partial charge in [0.1, 0.15) is 12.1 Å². The smallest absolute Gasteiger partial charge is 0.326 e. The third-order valence-electron chi connectivity index (χ3n) is 7.69. The number of hydrogen-bond acceptors (Lipinski definition) is 6. The molecule has 0 radical (unpaired) electrons. The van der Waals surface area contributed by atoms with Crippen molar-refractivity contribution in [2.24, 2.45) is 0 Å². The second-order valence-electron chi connectivity index (χ2n) is 11.0. The Morgan fingerprint density at radius 1 is 0.952 bits per heavy atom. The molecule has 3 rings (SSSR count). The van der Waals surface area contributed by atoms with E-state index in [2.05, 4.69) is 10.6 Å². The summed E-state index contributed by atoms with van der Waals surface area (Å²) >= 11 is 0. The molecule has 9 heteroatoms. The molecule has 228 valence electrons. The summed E-state index contributed by atoms with van der Waals surface area (Å²) in [5.41, 5.74) is 1.87. The monoisotopic (exact) mass is 579 g/mol. The number of ether oxygens (including phenoxy) is 1. The number of rotatable bonds is 17. The van der Waals surface area contributed by atoms with Crippen molar-refractivity contribution in [2.45, 2.75) is 95.8 Å². The molecule has 3 N–H and O–H groups in total. The highest BCUT2D eigenvalue weighted by Gasteiger charge is 2.34. The van der Waals surface area contributed by atoms with Gasteiger partial charge in [-0.3, -0.25) is 19.7 Å². The van der Waals surface area contributed by atoms with Gasteiger partial charge in [-0.15, -0.1) is 0 Å². The van der Waals surface area contributed by atoms with Gasteiger partial charge in [0.15, 0.2) is 0 Å². The average molecular weight is 580 g/mol. The number of esters is 1. The Kier molecular flexibility index (Phi) is 13.5. The number of benzene rings is 2. The zero-order valence-corrected chi connectivity index (χ0v) is 24.8. The fourth-order valence-corrected chi connectivity index (χ4v) is 5.31. The van der Waals surface area contributed by atoms with E-state index in [9.17, 15) is 24.3 Å². The van der Waals surface area contributed by atoms with Gasteiger partial charge < -0.3 is 20.1 Å². The maximum absolute atomic E-state index is 13.8. The second kappa shape index (κ2) is 17.3. The number of nitrogens with zero attached hydrogens (tertiary/aromatic N) is 1. The summed E-state index contributed by atoms with van der Waals surface area (Å²) in [5, 5.41) is 15.5. The maximum atomic E-state index is 13.8. The van der Waals surface area contributed by atoms with Crippen molar-refractivity contribution in [3.63, 3.8) is 0 Å². The highest BCUT2D eigenvalue weighted by Crippen LogP contribution is 2.24.